The fourth-order valence-electron chi connectivity index (χ4n) is 1.75. The third-order valence-electron chi connectivity index (χ3n) is 2.61. The second kappa shape index (κ2) is 4.33. The van der Waals surface area contributed by atoms with Crippen LogP contribution in [0.4, 0.5) is 5.69 Å². The minimum atomic E-state index is -0.337. The largest absolute Gasteiger partial charge is 0.298 e. The maximum atomic E-state index is 11.7. The van der Waals surface area contributed by atoms with E-state index in [1.807, 2.05) is 48.5 Å². The molecule has 1 amide bonds. The van der Waals surface area contributed by atoms with Gasteiger partial charge in [-0.3, -0.25) is 4.79 Å². The summed E-state index contributed by atoms with van der Waals surface area (Å²) >= 11 is 0. The van der Waals surface area contributed by atoms with Gasteiger partial charge in [0, 0.05) is 5.22 Å². The maximum Gasteiger partial charge on any atom is 0.298 e. The molecule has 2 aromatic carbocycles. The Morgan fingerprint density at radius 1 is 0.833 bits per heavy atom. The van der Waals surface area contributed by atoms with Crippen molar-refractivity contribution < 1.29 is 4.79 Å². The average molecular weight is 235 g/mol. The van der Waals surface area contributed by atoms with Crippen molar-refractivity contribution in [3.8, 4) is 0 Å². The lowest BCUT2D eigenvalue weighted by molar-refractivity contribution is -0.112. The van der Waals surface area contributed by atoms with Crippen molar-refractivity contribution in [1.82, 2.24) is 0 Å². The molecule has 0 aliphatic carbocycles. The normalized spacial score (nSPS) is 13.8. The smallest absolute Gasteiger partial charge is 0.265 e. The summed E-state index contributed by atoms with van der Waals surface area (Å²) in [5.41, 5.74) is 1.01. The van der Waals surface area contributed by atoms with E-state index >= 15 is 0 Å². The van der Waals surface area contributed by atoms with Gasteiger partial charge in [-0.2, -0.15) is 5.11 Å². The van der Waals surface area contributed by atoms with Crippen LogP contribution in [-0.2, 0) is 4.79 Å². The number of benzene rings is 2. The predicted octanol–water partition coefficient (Wildman–Crippen LogP) is 1.74. The molecule has 0 fully saturated rings. The van der Waals surface area contributed by atoms with Crippen LogP contribution in [0.3, 0.4) is 0 Å². The highest BCUT2D eigenvalue weighted by Gasteiger charge is 2.15. The summed E-state index contributed by atoms with van der Waals surface area (Å²) in [4.78, 5) is 15.6. The first-order valence-corrected chi connectivity index (χ1v) is 5.54. The van der Waals surface area contributed by atoms with Crippen molar-refractivity contribution >= 4 is 17.3 Å². The van der Waals surface area contributed by atoms with Gasteiger partial charge in [0.2, 0.25) is 0 Å². The van der Waals surface area contributed by atoms with Gasteiger partial charge < -0.3 is 0 Å². The minimum Gasteiger partial charge on any atom is -0.265 e. The van der Waals surface area contributed by atoms with Gasteiger partial charge in [0.15, 0.2) is 5.70 Å². The van der Waals surface area contributed by atoms with Gasteiger partial charge in [-0.25, -0.2) is 4.99 Å². The molecule has 0 saturated carbocycles. The first-order valence-electron chi connectivity index (χ1n) is 5.54. The Bertz CT molecular complexity index is 748. The zero-order chi connectivity index (χ0) is 12.4. The molecule has 0 spiro atoms. The van der Waals surface area contributed by atoms with Crippen molar-refractivity contribution in [2.75, 3.05) is 0 Å². The Balaban J connectivity index is 2.07. The SMILES string of the molecule is O=C1N=c2ccccc2=C1N=Nc1ccccc1. The van der Waals surface area contributed by atoms with Crippen LogP contribution in [-0.4, -0.2) is 5.91 Å². The van der Waals surface area contributed by atoms with Gasteiger partial charge in [-0.1, -0.05) is 36.4 Å². The van der Waals surface area contributed by atoms with E-state index in [1.54, 1.807) is 6.07 Å². The highest BCUT2D eigenvalue weighted by Crippen LogP contribution is 2.13. The molecule has 0 radical (unpaired) electrons. The number of para-hydroxylation sites is 1. The summed E-state index contributed by atoms with van der Waals surface area (Å²) < 4.78 is 0. The summed E-state index contributed by atoms with van der Waals surface area (Å²) in [6.45, 7) is 0. The third kappa shape index (κ3) is 1.84. The molecule has 18 heavy (non-hydrogen) atoms. The van der Waals surface area contributed by atoms with E-state index in [9.17, 15) is 4.79 Å². The van der Waals surface area contributed by atoms with Gasteiger partial charge in [0.1, 0.15) is 0 Å². The number of fused-ring (bicyclic) bond motifs is 1. The number of hydrogen-bond acceptors (Lipinski definition) is 3. The number of rotatable bonds is 2. The van der Waals surface area contributed by atoms with Gasteiger partial charge in [-0.05, 0) is 18.2 Å². The third-order valence-corrected chi connectivity index (χ3v) is 2.61. The maximum absolute atomic E-state index is 11.7. The van der Waals surface area contributed by atoms with Crippen LogP contribution in [0.1, 0.15) is 0 Å². The monoisotopic (exact) mass is 235 g/mol. The Hall–Kier alpha value is -2.62. The molecule has 0 N–H and O–H groups in total. The van der Waals surface area contributed by atoms with E-state index in [-0.39, 0.29) is 5.91 Å². The highest BCUT2D eigenvalue weighted by molar-refractivity contribution is 6.14. The molecule has 1 aliphatic rings. The summed E-state index contributed by atoms with van der Waals surface area (Å²) in [6.07, 6.45) is 0. The molecular weight excluding hydrogens is 226 g/mol. The molecule has 86 valence electrons. The van der Waals surface area contributed by atoms with Crippen molar-refractivity contribution in [1.29, 1.82) is 0 Å². The number of carbonyl (C=O) groups is 1. The second-order valence-corrected chi connectivity index (χ2v) is 3.82. The lowest BCUT2D eigenvalue weighted by Gasteiger charge is -1.91. The number of azo groups is 1. The summed E-state index contributed by atoms with van der Waals surface area (Å²) in [5, 5.41) is 9.45. The Morgan fingerprint density at radius 2 is 1.56 bits per heavy atom. The number of amides is 1. The van der Waals surface area contributed by atoms with Gasteiger partial charge in [0.25, 0.3) is 5.91 Å². The van der Waals surface area contributed by atoms with Crippen molar-refractivity contribution in [3.63, 3.8) is 0 Å². The highest BCUT2D eigenvalue weighted by atomic mass is 16.1. The predicted molar refractivity (Wildman–Crippen MR) is 66.6 cm³/mol. The van der Waals surface area contributed by atoms with Gasteiger partial charge in [0.05, 0.1) is 11.0 Å². The Labute approximate surface area is 103 Å². The molecule has 4 nitrogen and oxygen atoms in total. The topological polar surface area (TPSA) is 54.1 Å². The molecule has 0 unspecified atom stereocenters. The summed E-state index contributed by atoms with van der Waals surface area (Å²) in [7, 11) is 0. The second-order valence-electron chi connectivity index (χ2n) is 3.82. The van der Waals surface area contributed by atoms with E-state index in [1.165, 1.54) is 0 Å². The average Bonchev–Trinajstić information content (AvgIpc) is 2.73. The van der Waals surface area contributed by atoms with Crippen molar-refractivity contribution in [3.05, 3.63) is 65.2 Å². The van der Waals surface area contributed by atoms with E-state index in [0.717, 1.165) is 5.22 Å². The molecular formula is C14H9N3O. The molecule has 2 aromatic rings. The number of nitrogens with zero attached hydrogens (tertiary/aromatic N) is 3. The first-order chi connectivity index (χ1) is 8.84. The summed E-state index contributed by atoms with van der Waals surface area (Å²) in [5.74, 6) is -0.337. The molecule has 1 aliphatic heterocycles. The number of carbonyl (C=O) groups excluding carboxylic acids is 1. The van der Waals surface area contributed by atoms with Crippen LogP contribution in [0.2, 0.25) is 0 Å². The molecule has 3 rings (SSSR count). The zero-order valence-corrected chi connectivity index (χ0v) is 9.45. The van der Waals surface area contributed by atoms with Gasteiger partial charge >= 0.3 is 0 Å². The minimum absolute atomic E-state index is 0.300. The van der Waals surface area contributed by atoms with Crippen LogP contribution in [0.5, 0.6) is 0 Å². The van der Waals surface area contributed by atoms with Crippen LogP contribution in [0.15, 0.2) is 69.8 Å². The molecule has 0 atom stereocenters. The quantitative estimate of drug-likeness (QED) is 0.731. The molecule has 0 aromatic heterocycles. The number of hydrogen-bond donors (Lipinski definition) is 0. The molecule has 0 bridgehead atoms. The fourth-order valence-corrected chi connectivity index (χ4v) is 1.75. The lowest BCUT2D eigenvalue weighted by Crippen LogP contribution is -2.21. The Morgan fingerprint density at radius 3 is 2.39 bits per heavy atom. The van der Waals surface area contributed by atoms with Crippen molar-refractivity contribution in [2.45, 2.75) is 0 Å². The van der Waals surface area contributed by atoms with Crippen molar-refractivity contribution in [2.24, 2.45) is 15.2 Å². The van der Waals surface area contributed by atoms with Gasteiger partial charge in [-0.15, -0.1) is 5.11 Å². The van der Waals surface area contributed by atoms with E-state index in [4.69, 9.17) is 0 Å². The van der Waals surface area contributed by atoms with Crippen LogP contribution < -0.4 is 10.6 Å². The summed E-state index contributed by atoms with van der Waals surface area (Å²) in [6, 6.07) is 16.6. The van der Waals surface area contributed by atoms with Crippen LogP contribution in [0, 0.1) is 0 Å². The molecule has 0 saturated heterocycles. The Kier molecular flexibility index (Phi) is 2.53. The van der Waals surface area contributed by atoms with E-state index < -0.39 is 0 Å². The standard InChI is InChI=1S/C14H9N3O/c18-14-13(11-8-4-5-9-12(11)15-14)17-16-10-6-2-1-3-7-10/h1-9H. The molecule has 1 heterocycles. The van der Waals surface area contributed by atoms with E-state index in [0.29, 0.717) is 16.7 Å². The van der Waals surface area contributed by atoms with E-state index in [2.05, 4.69) is 15.2 Å². The first kappa shape index (κ1) is 10.5. The van der Waals surface area contributed by atoms with Crippen LogP contribution in [0.25, 0.3) is 5.70 Å². The fraction of sp³-hybridized carbons (Fsp3) is 0. The zero-order valence-electron chi connectivity index (χ0n) is 9.45. The lowest BCUT2D eigenvalue weighted by atomic mass is 10.2. The van der Waals surface area contributed by atoms with Crippen LogP contribution >= 0.6 is 0 Å². The molecule has 4 heteroatoms.